The summed E-state index contributed by atoms with van der Waals surface area (Å²) in [5.74, 6) is 0.982. The molecule has 0 aliphatic rings. The number of anilines is 4. The van der Waals surface area contributed by atoms with Crippen LogP contribution in [0.4, 0.5) is 23.0 Å². The van der Waals surface area contributed by atoms with E-state index in [2.05, 4.69) is 27.2 Å². The second-order valence-electron chi connectivity index (χ2n) is 5.85. The maximum absolute atomic E-state index is 11.9. The number of carbonyl (C=O) groups excluding carboxylic acids is 1. The second kappa shape index (κ2) is 8.68. The van der Waals surface area contributed by atoms with Crippen LogP contribution < -0.4 is 16.4 Å². The van der Waals surface area contributed by atoms with Crippen LogP contribution in [0, 0.1) is 5.92 Å². The Kier molecular flexibility index (Phi) is 6.33. The highest BCUT2D eigenvalue weighted by atomic mass is 16.5. The van der Waals surface area contributed by atoms with Crippen molar-refractivity contribution in [1.29, 1.82) is 0 Å². The maximum atomic E-state index is 11.9. The molecule has 0 amide bonds. The fourth-order valence-corrected chi connectivity index (χ4v) is 1.96. The van der Waals surface area contributed by atoms with Gasteiger partial charge in [-0.05, 0) is 30.2 Å². The van der Waals surface area contributed by atoms with Crippen molar-refractivity contribution in [3.05, 3.63) is 48.8 Å². The third kappa shape index (κ3) is 5.20. The van der Waals surface area contributed by atoms with Crippen molar-refractivity contribution < 1.29 is 9.53 Å². The van der Waals surface area contributed by atoms with Crippen molar-refractivity contribution in [2.45, 2.75) is 13.8 Å². The predicted octanol–water partition coefficient (Wildman–Crippen LogP) is 3.21. The van der Waals surface area contributed by atoms with E-state index in [1.165, 1.54) is 6.33 Å². The van der Waals surface area contributed by atoms with Gasteiger partial charge in [0.25, 0.3) is 0 Å². The quantitative estimate of drug-likeness (QED) is 0.500. The van der Waals surface area contributed by atoms with E-state index < -0.39 is 0 Å². The van der Waals surface area contributed by atoms with Gasteiger partial charge in [-0.15, -0.1) is 6.58 Å². The minimum atomic E-state index is -0.335. The smallest absolute Gasteiger partial charge is 0.338 e. The van der Waals surface area contributed by atoms with Gasteiger partial charge in [-0.25, -0.2) is 14.8 Å². The second-order valence-corrected chi connectivity index (χ2v) is 5.85. The van der Waals surface area contributed by atoms with E-state index in [-0.39, 0.29) is 5.97 Å². The number of nitrogens with zero attached hydrogens (tertiary/aromatic N) is 2. The van der Waals surface area contributed by atoms with Crippen LogP contribution in [0.15, 0.2) is 43.2 Å². The number of benzene rings is 1. The minimum absolute atomic E-state index is 0.300. The zero-order valence-electron chi connectivity index (χ0n) is 14.5. The Bertz CT molecular complexity index is 729. The Morgan fingerprint density at radius 3 is 2.60 bits per heavy atom. The van der Waals surface area contributed by atoms with Crippen LogP contribution in [0.1, 0.15) is 24.2 Å². The van der Waals surface area contributed by atoms with E-state index in [1.807, 2.05) is 13.8 Å². The topological polar surface area (TPSA) is 102 Å². The number of nitrogens with two attached hydrogens (primary N) is 1. The van der Waals surface area contributed by atoms with Crippen LogP contribution in [-0.2, 0) is 4.74 Å². The monoisotopic (exact) mass is 341 g/mol. The fraction of sp³-hybridized carbons (Fsp3) is 0.278. The van der Waals surface area contributed by atoms with Gasteiger partial charge in [0.15, 0.2) is 11.6 Å². The average molecular weight is 341 g/mol. The first kappa shape index (κ1) is 18.3. The zero-order valence-corrected chi connectivity index (χ0v) is 14.5. The van der Waals surface area contributed by atoms with Gasteiger partial charge < -0.3 is 21.1 Å². The van der Waals surface area contributed by atoms with Gasteiger partial charge in [0.05, 0.1) is 12.2 Å². The highest BCUT2D eigenvalue weighted by molar-refractivity contribution is 5.90. The lowest BCUT2D eigenvalue weighted by molar-refractivity contribution is 0.0459. The van der Waals surface area contributed by atoms with Crippen molar-refractivity contribution >= 4 is 29.0 Å². The van der Waals surface area contributed by atoms with Gasteiger partial charge in [-0.2, -0.15) is 0 Å². The van der Waals surface area contributed by atoms with Crippen LogP contribution >= 0.6 is 0 Å². The highest BCUT2D eigenvalue weighted by Gasteiger charge is 2.10. The number of carbonyl (C=O) groups is 1. The summed E-state index contributed by atoms with van der Waals surface area (Å²) in [6.45, 7) is 8.57. The summed E-state index contributed by atoms with van der Waals surface area (Å²) < 4.78 is 5.20. The van der Waals surface area contributed by atoms with Gasteiger partial charge in [-0.1, -0.05) is 19.9 Å². The number of hydrogen-bond acceptors (Lipinski definition) is 7. The van der Waals surface area contributed by atoms with Crippen molar-refractivity contribution in [1.82, 2.24) is 9.97 Å². The van der Waals surface area contributed by atoms with Crippen LogP contribution in [0.5, 0.6) is 0 Å². The van der Waals surface area contributed by atoms with Gasteiger partial charge in [-0.3, -0.25) is 0 Å². The van der Waals surface area contributed by atoms with Gasteiger partial charge in [0.2, 0.25) is 0 Å². The summed E-state index contributed by atoms with van der Waals surface area (Å²) >= 11 is 0. The number of ether oxygens (including phenoxy) is 1. The Morgan fingerprint density at radius 1 is 1.28 bits per heavy atom. The van der Waals surface area contributed by atoms with Crippen LogP contribution in [0.2, 0.25) is 0 Å². The molecule has 1 aromatic heterocycles. The van der Waals surface area contributed by atoms with Crippen LogP contribution in [0.25, 0.3) is 0 Å². The van der Waals surface area contributed by atoms with Crippen LogP contribution in [0.3, 0.4) is 0 Å². The molecule has 0 aliphatic carbocycles. The number of aromatic nitrogens is 2. The fourth-order valence-electron chi connectivity index (χ4n) is 1.96. The third-order valence-corrected chi connectivity index (χ3v) is 3.23. The molecule has 0 saturated heterocycles. The lowest BCUT2D eigenvalue weighted by Gasteiger charge is -2.12. The molecule has 2 rings (SSSR count). The molecule has 25 heavy (non-hydrogen) atoms. The summed E-state index contributed by atoms with van der Waals surface area (Å²) in [6, 6.07) is 6.92. The normalized spacial score (nSPS) is 10.4. The Balaban J connectivity index is 2.06. The molecule has 2 aromatic rings. The molecule has 132 valence electrons. The molecule has 7 nitrogen and oxygen atoms in total. The molecule has 7 heteroatoms. The van der Waals surface area contributed by atoms with Gasteiger partial charge in [0, 0.05) is 12.2 Å². The van der Waals surface area contributed by atoms with Crippen molar-refractivity contribution in [3.63, 3.8) is 0 Å². The lowest BCUT2D eigenvalue weighted by atomic mass is 10.2. The van der Waals surface area contributed by atoms with Crippen LogP contribution in [-0.4, -0.2) is 29.1 Å². The van der Waals surface area contributed by atoms with E-state index in [1.54, 1.807) is 30.3 Å². The molecular weight excluding hydrogens is 318 g/mol. The summed E-state index contributed by atoms with van der Waals surface area (Å²) in [6.07, 6.45) is 3.13. The molecule has 0 spiro atoms. The number of hydrogen-bond donors (Lipinski definition) is 3. The van der Waals surface area contributed by atoms with E-state index in [9.17, 15) is 4.79 Å². The average Bonchev–Trinajstić information content (AvgIpc) is 2.61. The minimum Gasteiger partial charge on any atom is -0.462 e. The Hall–Kier alpha value is -3.09. The number of nitrogens with one attached hydrogen (secondary N) is 2. The first-order valence-electron chi connectivity index (χ1n) is 8.00. The molecule has 0 atom stereocenters. The molecular formula is C18H23N5O2. The Morgan fingerprint density at radius 2 is 1.96 bits per heavy atom. The maximum Gasteiger partial charge on any atom is 0.338 e. The summed E-state index contributed by atoms with van der Waals surface area (Å²) in [4.78, 5) is 20.2. The molecule has 1 heterocycles. The van der Waals surface area contributed by atoms with E-state index >= 15 is 0 Å². The molecule has 0 aliphatic heterocycles. The third-order valence-electron chi connectivity index (χ3n) is 3.23. The van der Waals surface area contributed by atoms with Crippen molar-refractivity contribution in [2.24, 2.45) is 5.92 Å². The molecule has 4 N–H and O–H groups in total. The largest absolute Gasteiger partial charge is 0.462 e. The first-order chi connectivity index (χ1) is 12.0. The highest BCUT2D eigenvalue weighted by Crippen LogP contribution is 2.25. The van der Waals surface area contributed by atoms with Crippen molar-refractivity contribution in [3.8, 4) is 0 Å². The standard InChI is InChI=1S/C18H23N5O2/c1-4-9-20-16-15(19)17(22-11-21-16)23-14-7-5-13(6-8-14)18(24)25-10-12(2)3/h4-8,11-12H,1,9-10,19H2,2-3H3,(H2,20,21,22,23). The lowest BCUT2D eigenvalue weighted by Crippen LogP contribution is -2.10. The van der Waals surface area contributed by atoms with Gasteiger partial charge in [0.1, 0.15) is 12.0 Å². The molecule has 0 saturated carbocycles. The molecule has 1 aromatic carbocycles. The Labute approximate surface area is 147 Å². The molecule has 0 radical (unpaired) electrons. The number of rotatable bonds is 8. The summed E-state index contributed by atoms with van der Waals surface area (Å²) in [5, 5.41) is 6.15. The summed E-state index contributed by atoms with van der Waals surface area (Å²) in [7, 11) is 0. The van der Waals surface area contributed by atoms with E-state index in [0.717, 1.165) is 5.69 Å². The number of nitrogen functional groups attached to an aromatic ring is 1. The van der Waals surface area contributed by atoms with Crippen molar-refractivity contribution in [2.75, 3.05) is 29.5 Å². The molecule has 0 unspecified atom stereocenters. The van der Waals surface area contributed by atoms with Gasteiger partial charge >= 0.3 is 5.97 Å². The predicted molar refractivity (Wildman–Crippen MR) is 100.0 cm³/mol. The molecule has 0 fully saturated rings. The number of esters is 1. The van der Waals surface area contributed by atoms with E-state index in [4.69, 9.17) is 10.5 Å². The molecule has 0 bridgehead atoms. The zero-order chi connectivity index (χ0) is 18.2. The SMILES string of the molecule is C=CCNc1ncnc(Nc2ccc(C(=O)OCC(C)C)cc2)c1N. The van der Waals surface area contributed by atoms with E-state index in [0.29, 0.717) is 42.0 Å². The first-order valence-corrected chi connectivity index (χ1v) is 8.00. The summed E-state index contributed by atoms with van der Waals surface area (Å²) in [5.41, 5.74) is 7.71.